The molecule has 0 spiro atoms. The van der Waals surface area contributed by atoms with Gasteiger partial charge in [-0.3, -0.25) is 0 Å². The van der Waals surface area contributed by atoms with Gasteiger partial charge in [0, 0.05) is 14.1 Å². The van der Waals surface area contributed by atoms with Gasteiger partial charge in [-0.2, -0.15) is 0 Å². The lowest BCUT2D eigenvalue weighted by Crippen LogP contribution is -2.19. The van der Waals surface area contributed by atoms with Crippen LogP contribution in [-0.4, -0.2) is 29.1 Å². The highest BCUT2D eigenvalue weighted by molar-refractivity contribution is 7.80. The SMILES string of the molecule is CN(C)C(=S)c1cnoc1. The maximum Gasteiger partial charge on any atom is 0.134 e. The van der Waals surface area contributed by atoms with Crippen molar-refractivity contribution in [2.24, 2.45) is 0 Å². The fourth-order valence-corrected chi connectivity index (χ4v) is 0.669. The van der Waals surface area contributed by atoms with Crippen molar-refractivity contribution in [3.8, 4) is 0 Å². The maximum atomic E-state index is 5.02. The van der Waals surface area contributed by atoms with E-state index in [1.807, 2.05) is 19.0 Å². The Labute approximate surface area is 64.6 Å². The fraction of sp³-hybridized carbons (Fsp3) is 0.333. The van der Waals surface area contributed by atoms with Crippen molar-refractivity contribution in [2.45, 2.75) is 0 Å². The van der Waals surface area contributed by atoms with Gasteiger partial charge in [-0.05, 0) is 0 Å². The second kappa shape index (κ2) is 2.79. The predicted molar refractivity (Wildman–Crippen MR) is 41.9 cm³/mol. The predicted octanol–water partition coefficient (Wildman–Crippen LogP) is 0.912. The van der Waals surface area contributed by atoms with E-state index in [1.54, 1.807) is 6.20 Å². The molecule has 1 aromatic heterocycles. The molecule has 0 atom stereocenters. The normalized spacial score (nSPS) is 9.40. The molecule has 0 saturated heterocycles. The Morgan fingerprint density at radius 3 is 2.80 bits per heavy atom. The van der Waals surface area contributed by atoms with E-state index in [2.05, 4.69) is 9.68 Å². The van der Waals surface area contributed by atoms with E-state index >= 15 is 0 Å². The van der Waals surface area contributed by atoms with Crippen LogP contribution in [0.4, 0.5) is 0 Å². The third kappa shape index (κ3) is 1.33. The van der Waals surface area contributed by atoms with E-state index < -0.39 is 0 Å². The summed E-state index contributed by atoms with van der Waals surface area (Å²) in [7, 11) is 3.77. The molecule has 0 saturated carbocycles. The van der Waals surface area contributed by atoms with Gasteiger partial charge in [0.1, 0.15) is 11.3 Å². The second-order valence-corrected chi connectivity index (χ2v) is 2.50. The largest absolute Gasteiger partial charge is 0.368 e. The number of hydrogen-bond acceptors (Lipinski definition) is 3. The third-order valence-corrected chi connectivity index (χ3v) is 1.69. The van der Waals surface area contributed by atoms with E-state index in [0.29, 0.717) is 0 Å². The van der Waals surface area contributed by atoms with E-state index in [9.17, 15) is 0 Å². The van der Waals surface area contributed by atoms with Gasteiger partial charge in [-0.1, -0.05) is 17.4 Å². The van der Waals surface area contributed by atoms with Gasteiger partial charge in [0.25, 0.3) is 0 Å². The number of aromatic nitrogens is 1. The van der Waals surface area contributed by atoms with Crippen LogP contribution in [0, 0.1) is 0 Å². The molecule has 10 heavy (non-hydrogen) atoms. The summed E-state index contributed by atoms with van der Waals surface area (Å²) in [6.07, 6.45) is 3.13. The van der Waals surface area contributed by atoms with Gasteiger partial charge in [0.15, 0.2) is 0 Å². The van der Waals surface area contributed by atoms with Gasteiger partial charge in [0.05, 0.1) is 11.8 Å². The third-order valence-electron chi connectivity index (χ3n) is 1.09. The molecule has 1 rings (SSSR count). The number of hydrogen-bond donors (Lipinski definition) is 0. The molecule has 0 aliphatic rings. The highest BCUT2D eigenvalue weighted by atomic mass is 32.1. The Morgan fingerprint density at radius 2 is 2.40 bits per heavy atom. The van der Waals surface area contributed by atoms with Crippen molar-refractivity contribution in [2.75, 3.05) is 14.1 Å². The molecule has 1 heterocycles. The zero-order valence-corrected chi connectivity index (χ0v) is 6.68. The first-order valence-corrected chi connectivity index (χ1v) is 3.23. The van der Waals surface area contributed by atoms with Crippen molar-refractivity contribution in [1.29, 1.82) is 0 Å². The summed E-state index contributed by atoms with van der Waals surface area (Å²) in [6.45, 7) is 0. The lowest BCUT2D eigenvalue weighted by molar-refractivity contribution is 0.419. The summed E-state index contributed by atoms with van der Waals surface area (Å²) >= 11 is 5.02. The standard InChI is InChI=1S/C6H8N2OS/c1-8(2)6(10)5-3-7-9-4-5/h3-4H,1-2H3. The van der Waals surface area contributed by atoms with Crippen LogP contribution in [0.2, 0.25) is 0 Å². The fourth-order valence-electron chi connectivity index (χ4n) is 0.569. The lowest BCUT2D eigenvalue weighted by Gasteiger charge is -2.09. The van der Waals surface area contributed by atoms with E-state index in [1.165, 1.54) is 6.26 Å². The number of thiocarbonyl (C=S) groups is 1. The molecule has 0 aromatic carbocycles. The molecule has 1 aromatic rings. The molecule has 0 fully saturated rings. The smallest absolute Gasteiger partial charge is 0.134 e. The Hall–Kier alpha value is -0.900. The Balaban J connectivity index is 2.78. The first kappa shape index (κ1) is 7.21. The van der Waals surface area contributed by atoms with E-state index in [4.69, 9.17) is 12.2 Å². The van der Waals surface area contributed by atoms with Gasteiger partial charge in [0.2, 0.25) is 0 Å². The van der Waals surface area contributed by atoms with Crippen LogP contribution in [0.5, 0.6) is 0 Å². The molecule has 0 amide bonds. The van der Waals surface area contributed by atoms with Gasteiger partial charge < -0.3 is 9.42 Å². The molecule has 0 aliphatic heterocycles. The molecule has 0 N–H and O–H groups in total. The van der Waals surface area contributed by atoms with Crippen LogP contribution in [0.1, 0.15) is 5.56 Å². The molecular formula is C6H8N2OS. The Morgan fingerprint density at radius 1 is 1.70 bits per heavy atom. The number of nitrogens with zero attached hydrogens (tertiary/aromatic N) is 2. The van der Waals surface area contributed by atoms with Crippen LogP contribution in [0.25, 0.3) is 0 Å². The molecular weight excluding hydrogens is 148 g/mol. The number of rotatable bonds is 1. The van der Waals surface area contributed by atoms with Gasteiger partial charge in [-0.15, -0.1) is 0 Å². The van der Waals surface area contributed by atoms with Crippen molar-refractivity contribution in [3.63, 3.8) is 0 Å². The Bertz CT molecular complexity index is 218. The molecule has 0 aliphatic carbocycles. The van der Waals surface area contributed by atoms with Crippen LogP contribution < -0.4 is 0 Å². The lowest BCUT2D eigenvalue weighted by atomic mass is 10.3. The van der Waals surface area contributed by atoms with Crippen molar-refractivity contribution in [3.05, 3.63) is 18.0 Å². The summed E-state index contributed by atoms with van der Waals surface area (Å²) in [5, 5.41) is 3.54. The highest BCUT2D eigenvalue weighted by Gasteiger charge is 2.03. The zero-order valence-electron chi connectivity index (χ0n) is 5.87. The summed E-state index contributed by atoms with van der Waals surface area (Å²) in [6, 6.07) is 0. The van der Waals surface area contributed by atoms with Gasteiger partial charge in [-0.25, -0.2) is 0 Å². The van der Waals surface area contributed by atoms with Crippen molar-refractivity contribution in [1.82, 2.24) is 10.1 Å². The van der Waals surface area contributed by atoms with E-state index in [0.717, 1.165) is 10.6 Å². The highest BCUT2D eigenvalue weighted by Crippen LogP contribution is 2.00. The molecule has 0 unspecified atom stereocenters. The minimum atomic E-state index is 0.737. The molecule has 54 valence electrons. The second-order valence-electron chi connectivity index (χ2n) is 2.11. The molecule has 0 radical (unpaired) electrons. The minimum absolute atomic E-state index is 0.737. The van der Waals surface area contributed by atoms with Crippen LogP contribution in [0.3, 0.4) is 0 Å². The van der Waals surface area contributed by atoms with Crippen LogP contribution >= 0.6 is 12.2 Å². The zero-order chi connectivity index (χ0) is 7.56. The molecule has 3 nitrogen and oxygen atoms in total. The quantitative estimate of drug-likeness (QED) is 0.565. The average molecular weight is 156 g/mol. The van der Waals surface area contributed by atoms with Crippen molar-refractivity contribution >= 4 is 17.2 Å². The van der Waals surface area contributed by atoms with Crippen LogP contribution in [0.15, 0.2) is 17.0 Å². The summed E-state index contributed by atoms with van der Waals surface area (Å²) in [5.41, 5.74) is 0.847. The first-order valence-electron chi connectivity index (χ1n) is 2.83. The molecule has 4 heteroatoms. The van der Waals surface area contributed by atoms with Crippen molar-refractivity contribution < 1.29 is 4.52 Å². The minimum Gasteiger partial charge on any atom is -0.368 e. The summed E-state index contributed by atoms with van der Waals surface area (Å²) < 4.78 is 4.62. The van der Waals surface area contributed by atoms with Crippen LogP contribution in [-0.2, 0) is 0 Å². The maximum absolute atomic E-state index is 5.02. The monoisotopic (exact) mass is 156 g/mol. The molecule has 0 bridgehead atoms. The first-order chi connectivity index (χ1) is 4.72. The Kier molecular flexibility index (Phi) is 2.01. The summed E-state index contributed by atoms with van der Waals surface area (Å²) in [5.74, 6) is 0. The average Bonchev–Trinajstić information content (AvgIpc) is 2.36. The van der Waals surface area contributed by atoms with Gasteiger partial charge >= 0.3 is 0 Å². The topological polar surface area (TPSA) is 29.3 Å². The summed E-state index contributed by atoms with van der Waals surface area (Å²) in [4.78, 5) is 2.57. The van der Waals surface area contributed by atoms with E-state index in [-0.39, 0.29) is 0 Å².